The highest BCUT2D eigenvalue weighted by molar-refractivity contribution is 5.93. The topological polar surface area (TPSA) is 59.1 Å². The number of hydrogen-bond acceptors (Lipinski definition) is 4. The van der Waals surface area contributed by atoms with Crippen LogP contribution in [0.5, 0.6) is 5.75 Å². The van der Waals surface area contributed by atoms with E-state index in [1.54, 1.807) is 16.9 Å². The van der Waals surface area contributed by atoms with Crippen molar-refractivity contribution in [2.75, 3.05) is 26.7 Å². The van der Waals surface area contributed by atoms with E-state index >= 15 is 0 Å². The standard InChI is InChI=1S/C22H25FN2O4/c1-28-16-4-2-3-14(11-16)12-25-13-22-8-5-17(29-22)18(19(22)21(25)27)20(26)24-9-6-15(23)7-10-24/h2-5,8,11,15,17-19H,6-7,9-10,12-13H2,1H3/t17-,18+,19-,22-/m0/s1. The van der Waals surface area contributed by atoms with Gasteiger partial charge in [-0.15, -0.1) is 0 Å². The quantitative estimate of drug-likeness (QED) is 0.725. The Kier molecular flexibility index (Phi) is 4.38. The van der Waals surface area contributed by atoms with Crippen molar-refractivity contribution < 1.29 is 23.5 Å². The summed E-state index contributed by atoms with van der Waals surface area (Å²) in [7, 11) is 1.61. The van der Waals surface area contributed by atoms with E-state index in [0.29, 0.717) is 39.0 Å². The number of ether oxygens (including phenoxy) is 2. The van der Waals surface area contributed by atoms with Crippen molar-refractivity contribution in [1.29, 1.82) is 0 Å². The van der Waals surface area contributed by atoms with Gasteiger partial charge in [-0.05, 0) is 30.5 Å². The van der Waals surface area contributed by atoms with Gasteiger partial charge in [0.2, 0.25) is 11.8 Å². The second-order valence-electron chi connectivity index (χ2n) is 8.45. The molecule has 7 heteroatoms. The number of hydrogen-bond donors (Lipinski definition) is 0. The molecular formula is C22H25FN2O4. The van der Waals surface area contributed by atoms with E-state index in [9.17, 15) is 14.0 Å². The van der Waals surface area contributed by atoms with Crippen molar-refractivity contribution in [3.63, 3.8) is 0 Å². The first kappa shape index (κ1) is 18.6. The largest absolute Gasteiger partial charge is 0.497 e. The lowest BCUT2D eigenvalue weighted by Crippen LogP contribution is -2.48. The maximum absolute atomic E-state index is 13.5. The zero-order valence-electron chi connectivity index (χ0n) is 16.4. The Morgan fingerprint density at radius 3 is 2.90 bits per heavy atom. The second kappa shape index (κ2) is 6.83. The van der Waals surface area contributed by atoms with Crippen LogP contribution in [-0.4, -0.2) is 66.2 Å². The summed E-state index contributed by atoms with van der Waals surface area (Å²) < 4.78 is 25.0. The molecule has 1 aromatic rings. The van der Waals surface area contributed by atoms with Gasteiger partial charge in [0.25, 0.3) is 0 Å². The fraction of sp³-hybridized carbons (Fsp3) is 0.545. The number of fused-ring (bicyclic) bond motifs is 1. The fourth-order valence-electron chi connectivity index (χ4n) is 5.26. The van der Waals surface area contributed by atoms with Crippen LogP contribution in [0.1, 0.15) is 18.4 Å². The Bertz CT molecular complexity index is 866. The molecule has 1 spiro atoms. The van der Waals surface area contributed by atoms with E-state index in [4.69, 9.17) is 9.47 Å². The molecule has 1 aromatic carbocycles. The SMILES string of the molecule is COc1cccc(CN2C[C@]34C=C[C@H](O3)[C@@H](C(=O)N3CCC(F)CC3)[C@H]4C2=O)c1. The maximum Gasteiger partial charge on any atom is 0.230 e. The molecular weight excluding hydrogens is 375 g/mol. The van der Waals surface area contributed by atoms with Gasteiger partial charge in [-0.3, -0.25) is 9.59 Å². The fourth-order valence-corrected chi connectivity index (χ4v) is 5.26. The first-order chi connectivity index (χ1) is 14.0. The minimum atomic E-state index is -0.840. The Balaban J connectivity index is 1.36. The lowest BCUT2D eigenvalue weighted by molar-refractivity contribution is -0.144. The Morgan fingerprint density at radius 2 is 2.14 bits per heavy atom. The molecule has 6 nitrogen and oxygen atoms in total. The average molecular weight is 400 g/mol. The van der Waals surface area contributed by atoms with Crippen molar-refractivity contribution in [3.8, 4) is 5.75 Å². The number of alkyl halides is 1. The number of likely N-dealkylation sites (tertiary alicyclic amines) is 2. The highest BCUT2D eigenvalue weighted by Crippen LogP contribution is 2.52. The third-order valence-corrected chi connectivity index (χ3v) is 6.71. The number of carbonyl (C=O) groups is 2. The number of methoxy groups -OCH3 is 1. The monoisotopic (exact) mass is 400 g/mol. The van der Waals surface area contributed by atoms with E-state index in [0.717, 1.165) is 11.3 Å². The molecule has 0 saturated carbocycles. The van der Waals surface area contributed by atoms with Gasteiger partial charge in [-0.1, -0.05) is 24.3 Å². The predicted molar refractivity (Wildman–Crippen MR) is 103 cm³/mol. The normalized spacial score (nSPS) is 33.4. The maximum atomic E-state index is 13.5. The number of amides is 2. The number of rotatable bonds is 4. The van der Waals surface area contributed by atoms with Crippen molar-refractivity contribution in [2.24, 2.45) is 11.8 Å². The summed E-state index contributed by atoms with van der Waals surface area (Å²) in [6.07, 6.45) is 3.41. The van der Waals surface area contributed by atoms with Gasteiger partial charge in [0.1, 0.15) is 17.5 Å². The van der Waals surface area contributed by atoms with Crippen LogP contribution in [0.15, 0.2) is 36.4 Å². The molecule has 4 atom stereocenters. The molecule has 29 heavy (non-hydrogen) atoms. The number of benzene rings is 1. The van der Waals surface area contributed by atoms with E-state index in [1.165, 1.54) is 0 Å². The third kappa shape index (κ3) is 2.94. The number of nitrogens with zero attached hydrogens (tertiary/aromatic N) is 2. The summed E-state index contributed by atoms with van der Waals surface area (Å²) in [6.45, 7) is 1.71. The molecule has 4 aliphatic rings. The van der Waals surface area contributed by atoms with Gasteiger partial charge >= 0.3 is 0 Å². The molecule has 3 fully saturated rings. The Labute approximate surface area is 169 Å². The van der Waals surface area contributed by atoms with Crippen LogP contribution in [-0.2, 0) is 20.9 Å². The Hall–Kier alpha value is -2.41. The van der Waals surface area contributed by atoms with Gasteiger partial charge in [0, 0.05) is 19.6 Å². The molecule has 0 unspecified atom stereocenters. The van der Waals surface area contributed by atoms with Crippen LogP contribution >= 0.6 is 0 Å². The van der Waals surface area contributed by atoms with Crippen molar-refractivity contribution in [2.45, 2.75) is 37.3 Å². The van der Waals surface area contributed by atoms with Crippen LogP contribution in [0.25, 0.3) is 0 Å². The smallest absolute Gasteiger partial charge is 0.230 e. The molecule has 0 aliphatic carbocycles. The van der Waals surface area contributed by atoms with Crippen LogP contribution < -0.4 is 4.74 Å². The van der Waals surface area contributed by atoms with Crippen LogP contribution in [0.2, 0.25) is 0 Å². The van der Waals surface area contributed by atoms with Crippen molar-refractivity contribution >= 4 is 11.8 Å². The number of halogens is 1. The van der Waals surface area contributed by atoms with Crippen molar-refractivity contribution in [1.82, 2.24) is 9.80 Å². The number of piperidine rings is 1. The second-order valence-corrected chi connectivity index (χ2v) is 8.45. The first-order valence-corrected chi connectivity index (χ1v) is 10.2. The molecule has 4 heterocycles. The average Bonchev–Trinajstić information content (AvgIpc) is 3.36. The van der Waals surface area contributed by atoms with E-state index in [-0.39, 0.29) is 17.9 Å². The minimum absolute atomic E-state index is 0.0432. The molecule has 4 aliphatic heterocycles. The first-order valence-electron chi connectivity index (χ1n) is 10.2. The summed E-state index contributed by atoms with van der Waals surface area (Å²) in [5, 5.41) is 0. The van der Waals surface area contributed by atoms with Crippen molar-refractivity contribution in [3.05, 3.63) is 42.0 Å². The summed E-state index contributed by atoms with van der Waals surface area (Å²) in [6, 6.07) is 7.64. The molecule has 2 bridgehead atoms. The van der Waals surface area contributed by atoms with E-state index in [1.807, 2.05) is 36.4 Å². The minimum Gasteiger partial charge on any atom is -0.497 e. The summed E-state index contributed by atoms with van der Waals surface area (Å²) in [5.74, 6) is -0.389. The zero-order chi connectivity index (χ0) is 20.2. The van der Waals surface area contributed by atoms with Gasteiger partial charge in [0.15, 0.2) is 0 Å². The molecule has 2 amide bonds. The van der Waals surface area contributed by atoms with Gasteiger partial charge in [0.05, 0.1) is 31.6 Å². The lowest BCUT2D eigenvalue weighted by Gasteiger charge is -2.33. The summed E-state index contributed by atoms with van der Waals surface area (Å²) >= 11 is 0. The van der Waals surface area contributed by atoms with E-state index < -0.39 is 23.6 Å². The molecule has 5 rings (SSSR count). The highest BCUT2D eigenvalue weighted by atomic mass is 19.1. The predicted octanol–water partition coefficient (Wildman–Crippen LogP) is 1.94. The molecule has 3 saturated heterocycles. The highest BCUT2D eigenvalue weighted by Gasteiger charge is 2.67. The van der Waals surface area contributed by atoms with Gasteiger partial charge in [-0.2, -0.15) is 0 Å². The Morgan fingerprint density at radius 1 is 1.34 bits per heavy atom. The summed E-state index contributed by atoms with van der Waals surface area (Å²) in [4.78, 5) is 30.1. The molecule has 154 valence electrons. The van der Waals surface area contributed by atoms with Crippen LogP contribution in [0, 0.1) is 11.8 Å². The van der Waals surface area contributed by atoms with Gasteiger partial charge in [-0.25, -0.2) is 4.39 Å². The number of carbonyl (C=O) groups excluding carboxylic acids is 2. The van der Waals surface area contributed by atoms with Gasteiger partial charge < -0.3 is 19.3 Å². The van der Waals surface area contributed by atoms with Crippen LogP contribution in [0.3, 0.4) is 0 Å². The third-order valence-electron chi connectivity index (χ3n) is 6.71. The molecule has 0 radical (unpaired) electrons. The zero-order valence-corrected chi connectivity index (χ0v) is 16.4. The lowest BCUT2D eigenvalue weighted by atomic mass is 9.76. The molecule has 0 aromatic heterocycles. The molecule has 0 N–H and O–H groups in total. The van der Waals surface area contributed by atoms with Crippen LogP contribution in [0.4, 0.5) is 4.39 Å². The van der Waals surface area contributed by atoms with E-state index in [2.05, 4.69) is 0 Å². The summed E-state index contributed by atoms with van der Waals surface area (Å²) in [5.41, 5.74) is 0.250.